The Morgan fingerprint density at radius 2 is 2.05 bits per heavy atom. The largest absolute Gasteiger partial charge is 0.323 e. The van der Waals surface area contributed by atoms with Crippen molar-refractivity contribution < 1.29 is 0 Å². The van der Waals surface area contributed by atoms with Gasteiger partial charge in [0, 0.05) is 6.04 Å². The second-order valence-electron chi connectivity index (χ2n) is 5.14. The molecule has 3 rings (SSSR count). The van der Waals surface area contributed by atoms with Gasteiger partial charge in [0.1, 0.15) is 4.83 Å². The maximum absolute atomic E-state index is 12.5. The Hall–Kier alpha value is -1.72. The van der Waals surface area contributed by atoms with Crippen molar-refractivity contribution >= 4 is 33.8 Å². The molecule has 2 heterocycles. The van der Waals surface area contributed by atoms with Crippen LogP contribution in [0, 0.1) is 4.77 Å². The molecule has 0 bridgehead atoms. The van der Waals surface area contributed by atoms with Crippen LogP contribution in [0.2, 0.25) is 0 Å². The first-order valence-electron chi connectivity index (χ1n) is 6.93. The predicted octanol–water partition coefficient (Wildman–Crippen LogP) is 4.31. The van der Waals surface area contributed by atoms with E-state index in [1.54, 1.807) is 4.57 Å². The maximum Gasteiger partial charge on any atom is 0.263 e. The van der Waals surface area contributed by atoms with Crippen molar-refractivity contribution in [2.24, 2.45) is 0 Å². The predicted molar refractivity (Wildman–Crippen MR) is 90.7 cm³/mol. The van der Waals surface area contributed by atoms with Gasteiger partial charge in [0.15, 0.2) is 4.77 Å². The van der Waals surface area contributed by atoms with E-state index in [0.717, 1.165) is 23.1 Å². The fourth-order valence-corrected chi connectivity index (χ4v) is 3.71. The molecule has 0 radical (unpaired) electrons. The molecule has 0 aliphatic rings. The summed E-state index contributed by atoms with van der Waals surface area (Å²) in [4.78, 5) is 16.6. The van der Waals surface area contributed by atoms with Crippen LogP contribution in [0.25, 0.3) is 10.2 Å². The second-order valence-corrected chi connectivity index (χ2v) is 6.44. The van der Waals surface area contributed by atoms with Gasteiger partial charge in [-0.05, 0) is 49.0 Å². The third kappa shape index (κ3) is 2.84. The number of nitrogens with one attached hydrogen (secondary N) is 1. The van der Waals surface area contributed by atoms with Crippen LogP contribution in [-0.4, -0.2) is 9.55 Å². The van der Waals surface area contributed by atoms with Crippen molar-refractivity contribution in [3.05, 3.63) is 62.5 Å². The summed E-state index contributed by atoms with van der Waals surface area (Å²) in [5, 5.41) is 2.64. The molecule has 3 nitrogen and oxygen atoms in total. The standard InChI is InChI=1S/C16H16N2OS2/c1-11(7-8-12-5-3-2-4-6-12)18-15(19)13-9-10-21-14(13)17-16(18)20/h2-6,9-11H,7-8H2,1H3,(H,17,20). The van der Waals surface area contributed by atoms with Gasteiger partial charge in [-0.25, -0.2) is 0 Å². The lowest BCUT2D eigenvalue weighted by molar-refractivity contribution is 0.484. The van der Waals surface area contributed by atoms with Gasteiger partial charge in [-0.3, -0.25) is 9.36 Å². The van der Waals surface area contributed by atoms with Crippen molar-refractivity contribution in [3.8, 4) is 0 Å². The van der Waals surface area contributed by atoms with Crippen molar-refractivity contribution in [1.82, 2.24) is 9.55 Å². The zero-order valence-corrected chi connectivity index (χ0v) is 13.3. The van der Waals surface area contributed by atoms with Gasteiger partial charge in [0.25, 0.3) is 5.56 Å². The molecule has 21 heavy (non-hydrogen) atoms. The van der Waals surface area contributed by atoms with Gasteiger partial charge in [-0.2, -0.15) is 0 Å². The highest BCUT2D eigenvalue weighted by Crippen LogP contribution is 2.18. The topological polar surface area (TPSA) is 37.8 Å². The van der Waals surface area contributed by atoms with Crippen molar-refractivity contribution in [2.75, 3.05) is 0 Å². The Kier molecular flexibility index (Phi) is 4.03. The number of aromatic nitrogens is 2. The van der Waals surface area contributed by atoms with Gasteiger partial charge in [-0.1, -0.05) is 30.3 Å². The van der Waals surface area contributed by atoms with Gasteiger partial charge in [0.05, 0.1) is 5.39 Å². The number of hydrogen-bond donors (Lipinski definition) is 1. The number of H-pyrrole nitrogens is 1. The minimum absolute atomic E-state index is 0.00978. The molecular weight excluding hydrogens is 300 g/mol. The van der Waals surface area contributed by atoms with Crippen LogP contribution in [0.4, 0.5) is 0 Å². The fourth-order valence-electron chi connectivity index (χ4n) is 2.50. The molecule has 0 saturated heterocycles. The molecule has 0 aliphatic heterocycles. The summed E-state index contributed by atoms with van der Waals surface area (Å²) in [5.74, 6) is 0. The molecule has 0 amide bonds. The minimum Gasteiger partial charge on any atom is -0.323 e. The van der Waals surface area contributed by atoms with E-state index in [9.17, 15) is 4.79 Å². The number of rotatable bonds is 4. The Bertz CT molecular complexity index is 861. The van der Waals surface area contributed by atoms with E-state index < -0.39 is 0 Å². The molecule has 2 aromatic heterocycles. The van der Waals surface area contributed by atoms with Crippen LogP contribution in [-0.2, 0) is 6.42 Å². The molecule has 108 valence electrons. The summed E-state index contributed by atoms with van der Waals surface area (Å²) < 4.78 is 2.21. The molecule has 1 N–H and O–H groups in total. The first kappa shape index (κ1) is 14.2. The van der Waals surface area contributed by atoms with Gasteiger partial charge < -0.3 is 4.98 Å². The molecule has 1 atom stereocenters. The zero-order chi connectivity index (χ0) is 14.8. The Labute approximate surface area is 131 Å². The summed E-state index contributed by atoms with van der Waals surface area (Å²) in [6, 6.07) is 12.2. The molecule has 1 aromatic carbocycles. The third-order valence-corrected chi connectivity index (χ3v) is 4.82. The van der Waals surface area contributed by atoms with E-state index >= 15 is 0 Å². The molecular formula is C16H16N2OS2. The highest BCUT2D eigenvalue weighted by atomic mass is 32.1. The highest BCUT2D eigenvalue weighted by Gasteiger charge is 2.12. The number of aromatic amines is 1. The highest BCUT2D eigenvalue weighted by molar-refractivity contribution is 7.71. The molecule has 3 aromatic rings. The molecule has 0 saturated carbocycles. The van der Waals surface area contributed by atoms with Crippen LogP contribution in [0.5, 0.6) is 0 Å². The Balaban J connectivity index is 1.89. The van der Waals surface area contributed by atoms with Crippen LogP contribution < -0.4 is 5.56 Å². The second kappa shape index (κ2) is 5.95. The number of nitrogens with zero attached hydrogens (tertiary/aromatic N) is 1. The summed E-state index contributed by atoms with van der Waals surface area (Å²) in [6.45, 7) is 2.05. The van der Waals surface area contributed by atoms with E-state index in [0.29, 0.717) is 4.77 Å². The van der Waals surface area contributed by atoms with Crippen molar-refractivity contribution in [3.63, 3.8) is 0 Å². The van der Waals surface area contributed by atoms with Crippen molar-refractivity contribution in [2.45, 2.75) is 25.8 Å². The quantitative estimate of drug-likeness (QED) is 0.728. The zero-order valence-electron chi connectivity index (χ0n) is 11.7. The van der Waals surface area contributed by atoms with Gasteiger partial charge in [-0.15, -0.1) is 11.3 Å². The first-order chi connectivity index (χ1) is 10.2. The number of fused-ring (bicyclic) bond motifs is 1. The molecule has 5 heteroatoms. The number of thiophene rings is 1. The van der Waals surface area contributed by atoms with Crippen molar-refractivity contribution in [1.29, 1.82) is 0 Å². The summed E-state index contributed by atoms with van der Waals surface area (Å²) in [7, 11) is 0. The maximum atomic E-state index is 12.5. The van der Waals surface area contributed by atoms with Gasteiger partial charge in [0.2, 0.25) is 0 Å². The molecule has 1 unspecified atom stereocenters. The lowest BCUT2D eigenvalue weighted by Crippen LogP contribution is -2.25. The Morgan fingerprint density at radius 1 is 1.29 bits per heavy atom. The molecule has 0 spiro atoms. The van der Waals surface area contributed by atoms with E-state index in [2.05, 4.69) is 17.1 Å². The van der Waals surface area contributed by atoms with Crippen LogP contribution >= 0.6 is 23.6 Å². The van der Waals surface area contributed by atoms with Crippen LogP contribution in [0.15, 0.2) is 46.6 Å². The van der Waals surface area contributed by atoms with Crippen LogP contribution in [0.1, 0.15) is 24.9 Å². The lowest BCUT2D eigenvalue weighted by atomic mass is 10.1. The van der Waals surface area contributed by atoms with E-state index in [1.807, 2.05) is 36.6 Å². The smallest absolute Gasteiger partial charge is 0.263 e. The van der Waals surface area contributed by atoms with E-state index in [-0.39, 0.29) is 11.6 Å². The molecule has 0 aliphatic carbocycles. The van der Waals surface area contributed by atoms with Crippen LogP contribution in [0.3, 0.4) is 0 Å². The number of benzene rings is 1. The first-order valence-corrected chi connectivity index (χ1v) is 8.21. The lowest BCUT2D eigenvalue weighted by Gasteiger charge is -2.15. The SMILES string of the molecule is CC(CCc1ccccc1)n1c(=S)[nH]c2sccc2c1=O. The third-order valence-electron chi connectivity index (χ3n) is 3.69. The Morgan fingerprint density at radius 3 is 2.81 bits per heavy atom. The molecule has 0 fully saturated rings. The minimum atomic E-state index is 0.00978. The van der Waals surface area contributed by atoms with E-state index in [1.165, 1.54) is 16.9 Å². The van der Waals surface area contributed by atoms with Gasteiger partial charge >= 0.3 is 0 Å². The summed E-state index contributed by atoms with van der Waals surface area (Å²) in [6.07, 6.45) is 1.82. The number of hydrogen-bond acceptors (Lipinski definition) is 3. The summed E-state index contributed by atoms with van der Waals surface area (Å²) in [5.41, 5.74) is 1.29. The average Bonchev–Trinajstić information content (AvgIpc) is 2.94. The monoisotopic (exact) mass is 316 g/mol. The number of aryl methyl sites for hydroxylation is 1. The average molecular weight is 316 g/mol. The normalized spacial score (nSPS) is 12.6. The summed E-state index contributed by atoms with van der Waals surface area (Å²) >= 11 is 6.86. The fraction of sp³-hybridized carbons (Fsp3) is 0.250. The van der Waals surface area contributed by atoms with E-state index in [4.69, 9.17) is 12.2 Å².